The Hall–Kier alpha value is -2.54. The van der Waals surface area contributed by atoms with Gasteiger partial charge in [-0.05, 0) is 57.4 Å². The highest BCUT2D eigenvalue weighted by atomic mass is 19.1. The molecule has 6 nitrogen and oxygen atoms in total. The first-order valence-corrected chi connectivity index (χ1v) is 9.81. The molecule has 2 aliphatic heterocycles. The minimum absolute atomic E-state index is 0.0392. The Morgan fingerprint density at radius 1 is 1.29 bits per heavy atom. The summed E-state index contributed by atoms with van der Waals surface area (Å²) in [5, 5.41) is 6.49. The average molecular weight is 384 g/mol. The number of hydrogen-bond donors (Lipinski definition) is 2. The number of nitrogens with one attached hydrogen (secondary N) is 2. The minimum atomic E-state index is -0.340. The Balaban J connectivity index is 1.64. The van der Waals surface area contributed by atoms with E-state index in [9.17, 15) is 9.18 Å². The van der Waals surface area contributed by atoms with E-state index in [1.807, 2.05) is 13.8 Å². The van der Waals surface area contributed by atoms with Crippen molar-refractivity contribution >= 4 is 5.91 Å². The fraction of sp³-hybridized carbons (Fsp3) is 0.476. The fourth-order valence-corrected chi connectivity index (χ4v) is 4.21. The quantitative estimate of drug-likeness (QED) is 0.847. The molecule has 2 aromatic rings. The number of hydrogen-bond acceptors (Lipinski definition) is 5. The van der Waals surface area contributed by atoms with Crippen LogP contribution in [-0.2, 0) is 4.79 Å². The molecule has 3 heterocycles. The fourth-order valence-electron chi connectivity index (χ4n) is 4.21. The molecule has 1 amide bonds. The largest absolute Gasteiger partial charge is 0.494 e. The normalized spacial score (nSPS) is 24.4. The molecule has 0 bridgehead atoms. The lowest BCUT2D eigenvalue weighted by molar-refractivity contribution is -0.124. The maximum atomic E-state index is 14.5. The maximum absolute atomic E-state index is 14.5. The zero-order valence-corrected chi connectivity index (χ0v) is 16.2. The monoisotopic (exact) mass is 384 g/mol. The van der Waals surface area contributed by atoms with Crippen molar-refractivity contribution in [1.29, 1.82) is 0 Å². The first-order chi connectivity index (χ1) is 13.5. The molecular formula is C21H25FN4O2. The van der Waals surface area contributed by atoms with Gasteiger partial charge in [0.25, 0.3) is 0 Å². The van der Waals surface area contributed by atoms with Gasteiger partial charge in [0.2, 0.25) is 5.91 Å². The Morgan fingerprint density at radius 2 is 2.14 bits per heavy atom. The van der Waals surface area contributed by atoms with E-state index in [2.05, 4.69) is 20.6 Å². The van der Waals surface area contributed by atoms with Crippen LogP contribution in [0.2, 0.25) is 0 Å². The van der Waals surface area contributed by atoms with Crippen LogP contribution in [0.4, 0.5) is 4.39 Å². The van der Waals surface area contributed by atoms with Crippen LogP contribution in [0.15, 0.2) is 24.3 Å². The van der Waals surface area contributed by atoms with Crippen molar-refractivity contribution in [2.24, 2.45) is 0 Å². The molecule has 2 aliphatic rings. The Kier molecular flexibility index (Phi) is 5.02. The van der Waals surface area contributed by atoms with Gasteiger partial charge in [0.1, 0.15) is 17.4 Å². The van der Waals surface area contributed by atoms with E-state index in [-0.39, 0.29) is 23.3 Å². The van der Waals surface area contributed by atoms with Crippen LogP contribution in [0, 0.1) is 12.7 Å². The van der Waals surface area contributed by atoms with Gasteiger partial charge in [0, 0.05) is 29.8 Å². The Morgan fingerprint density at radius 3 is 2.93 bits per heavy atom. The van der Waals surface area contributed by atoms with Crippen LogP contribution in [0.1, 0.15) is 50.2 Å². The van der Waals surface area contributed by atoms with Gasteiger partial charge in [-0.1, -0.05) is 0 Å². The summed E-state index contributed by atoms with van der Waals surface area (Å²) in [7, 11) is 0. The van der Waals surface area contributed by atoms with Crippen molar-refractivity contribution in [3.8, 4) is 17.0 Å². The summed E-state index contributed by atoms with van der Waals surface area (Å²) in [6.45, 7) is 4.98. The zero-order chi connectivity index (χ0) is 19.7. The second-order valence-corrected chi connectivity index (χ2v) is 7.62. The smallest absolute Gasteiger partial charge is 0.221 e. The first-order valence-electron chi connectivity index (χ1n) is 9.81. The van der Waals surface area contributed by atoms with Gasteiger partial charge in [-0.25, -0.2) is 14.4 Å². The molecule has 2 fully saturated rings. The molecule has 2 N–H and O–H groups in total. The van der Waals surface area contributed by atoms with Crippen LogP contribution in [-0.4, -0.2) is 34.6 Å². The van der Waals surface area contributed by atoms with Crippen LogP contribution < -0.4 is 15.4 Å². The van der Waals surface area contributed by atoms with E-state index in [0.717, 1.165) is 25.0 Å². The van der Waals surface area contributed by atoms with Crippen molar-refractivity contribution in [2.75, 3.05) is 13.2 Å². The first kappa shape index (κ1) is 18.8. The summed E-state index contributed by atoms with van der Waals surface area (Å²) in [6, 6.07) is 6.45. The summed E-state index contributed by atoms with van der Waals surface area (Å²) >= 11 is 0. The zero-order valence-electron chi connectivity index (χ0n) is 16.2. The van der Waals surface area contributed by atoms with Gasteiger partial charge >= 0.3 is 0 Å². The minimum Gasteiger partial charge on any atom is -0.494 e. The average Bonchev–Trinajstić information content (AvgIpc) is 3.06. The molecule has 148 valence electrons. The van der Waals surface area contributed by atoms with Gasteiger partial charge in [0.15, 0.2) is 0 Å². The molecule has 1 aromatic carbocycles. The molecule has 1 spiro atoms. The number of aryl methyl sites for hydroxylation is 1. The number of benzene rings is 1. The molecule has 1 aromatic heterocycles. The molecule has 4 rings (SSSR count). The predicted octanol–water partition coefficient (Wildman–Crippen LogP) is 3.06. The molecule has 2 saturated heterocycles. The van der Waals surface area contributed by atoms with Crippen LogP contribution in [0.5, 0.6) is 5.75 Å². The van der Waals surface area contributed by atoms with Crippen LogP contribution in [0.3, 0.4) is 0 Å². The van der Waals surface area contributed by atoms with E-state index < -0.39 is 0 Å². The third-order valence-electron chi connectivity index (χ3n) is 5.52. The number of carbonyl (C=O) groups excluding carboxylic acids is 1. The van der Waals surface area contributed by atoms with Gasteiger partial charge < -0.3 is 15.4 Å². The lowest BCUT2D eigenvalue weighted by Gasteiger charge is -2.34. The van der Waals surface area contributed by atoms with E-state index in [1.54, 1.807) is 18.2 Å². The summed E-state index contributed by atoms with van der Waals surface area (Å²) in [5.41, 5.74) is 1.55. The molecular weight excluding hydrogens is 359 g/mol. The number of piperidine rings is 1. The molecule has 7 heteroatoms. The van der Waals surface area contributed by atoms with E-state index in [1.165, 1.54) is 6.07 Å². The Bertz CT molecular complexity index is 904. The summed E-state index contributed by atoms with van der Waals surface area (Å²) in [5.74, 6) is 1.01. The van der Waals surface area contributed by atoms with Crippen molar-refractivity contribution in [3.63, 3.8) is 0 Å². The number of nitrogens with zero attached hydrogens (tertiary/aromatic N) is 2. The topological polar surface area (TPSA) is 76.1 Å². The molecule has 0 saturated carbocycles. The third-order valence-corrected chi connectivity index (χ3v) is 5.52. The molecule has 0 aliphatic carbocycles. The second kappa shape index (κ2) is 7.47. The second-order valence-electron chi connectivity index (χ2n) is 7.62. The summed E-state index contributed by atoms with van der Waals surface area (Å²) < 4.78 is 20.0. The number of rotatable bonds is 4. The molecule has 2 atom stereocenters. The van der Waals surface area contributed by atoms with Crippen molar-refractivity contribution in [3.05, 3.63) is 41.6 Å². The number of ether oxygens (including phenoxy) is 1. The van der Waals surface area contributed by atoms with Gasteiger partial charge in [-0.2, -0.15) is 0 Å². The Labute approximate surface area is 163 Å². The predicted molar refractivity (Wildman–Crippen MR) is 103 cm³/mol. The van der Waals surface area contributed by atoms with E-state index >= 15 is 0 Å². The number of amides is 1. The van der Waals surface area contributed by atoms with Gasteiger partial charge in [-0.15, -0.1) is 0 Å². The van der Waals surface area contributed by atoms with Crippen molar-refractivity contribution in [2.45, 2.75) is 51.1 Å². The number of aromatic nitrogens is 2. The highest BCUT2D eigenvalue weighted by Crippen LogP contribution is 2.38. The third kappa shape index (κ3) is 3.71. The van der Waals surface area contributed by atoms with E-state index in [0.29, 0.717) is 42.4 Å². The molecule has 0 radical (unpaired) electrons. The van der Waals surface area contributed by atoms with Crippen LogP contribution >= 0.6 is 0 Å². The highest BCUT2D eigenvalue weighted by molar-refractivity contribution is 5.78. The lowest BCUT2D eigenvalue weighted by Crippen LogP contribution is -2.51. The SMILES string of the molecule is CCOc1ccc(F)c(-c2cc(C)nc([C@H]3CCC4(CCNC(=O)C4)N3)n2)c1. The van der Waals surface area contributed by atoms with Crippen molar-refractivity contribution < 1.29 is 13.9 Å². The summed E-state index contributed by atoms with van der Waals surface area (Å²) in [4.78, 5) is 21.1. The van der Waals surface area contributed by atoms with Gasteiger partial charge in [-0.3, -0.25) is 4.79 Å². The lowest BCUT2D eigenvalue weighted by atomic mass is 9.87. The van der Waals surface area contributed by atoms with E-state index in [4.69, 9.17) is 4.74 Å². The van der Waals surface area contributed by atoms with Crippen LogP contribution in [0.25, 0.3) is 11.3 Å². The number of carbonyl (C=O) groups is 1. The highest BCUT2D eigenvalue weighted by Gasteiger charge is 2.43. The number of halogens is 1. The summed E-state index contributed by atoms with van der Waals surface area (Å²) in [6.07, 6.45) is 3.15. The standard InChI is InChI=1S/C21H25FN4O2/c1-3-28-14-4-5-16(22)15(11-14)18-10-13(2)24-20(25-18)17-6-7-21(26-17)8-9-23-19(27)12-21/h4-5,10-11,17,26H,3,6-9,12H2,1-2H3,(H,23,27)/t17-,21?/m1/s1. The molecule has 1 unspecified atom stereocenters. The maximum Gasteiger partial charge on any atom is 0.221 e. The molecule has 28 heavy (non-hydrogen) atoms. The van der Waals surface area contributed by atoms with Crippen molar-refractivity contribution in [1.82, 2.24) is 20.6 Å². The van der Waals surface area contributed by atoms with Gasteiger partial charge in [0.05, 0.1) is 18.3 Å².